The minimum Gasteiger partial charge on any atom is -0.497 e. The van der Waals surface area contributed by atoms with Gasteiger partial charge in [-0.2, -0.15) is 54.1 Å². The van der Waals surface area contributed by atoms with Gasteiger partial charge in [-0.1, -0.05) is 36.4 Å². The number of aromatic nitrogens is 8. The molecule has 670 valence electrons. The first-order valence-electron chi connectivity index (χ1n) is 42.5. The normalized spacial score (nSPS) is 15.1. The minimum atomic E-state index is -4.16. The highest BCUT2D eigenvalue weighted by Gasteiger charge is 2.36. The lowest BCUT2D eigenvalue weighted by atomic mass is 9.97. The van der Waals surface area contributed by atoms with Gasteiger partial charge in [-0.15, -0.1) is 0 Å². The van der Waals surface area contributed by atoms with E-state index in [4.69, 9.17) is 14.2 Å². The van der Waals surface area contributed by atoms with Crippen LogP contribution in [0.4, 0.5) is 41.9 Å². The predicted octanol–water partition coefficient (Wildman–Crippen LogP) is 9.86. The highest BCUT2D eigenvalue weighted by Crippen LogP contribution is 2.45. The molecule has 17 rings (SSSR count). The smallest absolute Gasteiger partial charge is 0.333 e. The molecule has 6 aliphatic carbocycles. The lowest BCUT2D eigenvalue weighted by Gasteiger charge is -2.17. The molecular formula is C86H112N20O15S4. The molecule has 8 aliphatic rings. The van der Waals surface area contributed by atoms with Crippen molar-refractivity contribution in [1.82, 2.24) is 78.0 Å². The first-order valence-corrected chi connectivity index (χ1v) is 48.5. The lowest BCUT2D eigenvalue weighted by molar-refractivity contribution is 0.255. The molecule has 9 aromatic rings. The van der Waals surface area contributed by atoms with Crippen LogP contribution in [-0.4, -0.2) is 181 Å². The first-order chi connectivity index (χ1) is 59.7. The zero-order chi connectivity index (χ0) is 89.0. The van der Waals surface area contributed by atoms with Gasteiger partial charge in [0.05, 0.1) is 66.2 Å². The van der Waals surface area contributed by atoms with E-state index in [-0.39, 0.29) is 26.1 Å². The molecular weight excluding hydrogens is 1680 g/mol. The van der Waals surface area contributed by atoms with Crippen molar-refractivity contribution in [2.75, 3.05) is 90.9 Å². The maximum atomic E-state index is 13.0. The molecule has 2 aliphatic heterocycles. The summed E-state index contributed by atoms with van der Waals surface area (Å²) in [5.74, 6) is 2.14. The van der Waals surface area contributed by atoms with Gasteiger partial charge in [-0.05, 0) is 264 Å². The topological polar surface area (TPSA) is 422 Å². The Hall–Kier alpha value is -10.9. The zero-order valence-corrected chi connectivity index (χ0v) is 75.8. The largest absolute Gasteiger partial charge is 0.497 e. The van der Waals surface area contributed by atoms with E-state index in [0.29, 0.717) is 94.0 Å². The summed E-state index contributed by atoms with van der Waals surface area (Å²) in [5.41, 5.74) is 21.0. The number of ether oxygens (including phenoxy) is 3. The van der Waals surface area contributed by atoms with Crippen molar-refractivity contribution < 1.29 is 67.1 Å². The molecule has 0 spiro atoms. The van der Waals surface area contributed by atoms with Crippen LogP contribution in [0.5, 0.6) is 17.2 Å². The van der Waals surface area contributed by atoms with E-state index in [1.165, 1.54) is 34.9 Å². The van der Waals surface area contributed by atoms with Gasteiger partial charge in [-0.25, -0.2) is 38.1 Å². The van der Waals surface area contributed by atoms with Crippen LogP contribution in [0.3, 0.4) is 0 Å². The molecule has 6 heterocycles. The third-order valence-electron chi connectivity index (χ3n) is 23.1. The number of amides is 8. The molecule has 35 nitrogen and oxygen atoms in total. The standard InChI is InChI=1S/C25H31N5O4S.C21H27N5O3S.2C20H27N5O4S/c1-5-30-19(16-29(2)3)15-23(27-30)35(32,33)28-25(31)26-24-21-11-7-8-17(21)12-13-22(24)18-9-6-10-20(14-18)34-4;1-22-12-16-11-19(24-26(16)15-8-9-15)30(28,29)25-21(27)23-20-17-6-2-4-13(17)10-14-5-3-7-18(14)20;1-4-25-14(12-24(2)3)11-18(22-25)30(27,28)23-20(26)21-19-15-7-5-6-13(15)10-17-16(19)8-9-29-17;1-4-25-15(12-24(2)3)11-17(22-25)30(27,28)23-20(26)21-18-16-7-5-6-13(16)10-14-8-9-29-19(14)18/h6,9-10,12-15H,5,7-8,11,16H2,1-4H3,(H2,26,28,31);10-11,15,22H,2-9,12H2,1H3,(H2,23,25,27);2*10-11H,4-9,12H2,1-3H3,(H2,21,23,26). The summed E-state index contributed by atoms with van der Waals surface area (Å²) in [6.45, 7) is 10.5. The second-order valence-electron chi connectivity index (χ2n) is 33.1. The van der Waals surface area contributed by atoms with Gasteiger partial charge in [0.2, 0.25) is 0 Å². The van der Waals surface area contributed by atoms with Crippen molar-refractivity contribution in [1.29, 1.82) is 0 Å². The fraction of sp³-hybridized carbons (Fsp3) is 0.465. The molecule has 0 bridgehead atoms. The van der Waals surface area contributed by atoms with E-state index in [0.717, 1.165) is 211 Å². The summed E-state index contributed by atoms with van der Waals surface area (Å²) in [6, 6.07) is 21.2. The number of fused-ring (bicyclic) bond motifs is 7. The number of urea groups is 4. The zero-order valence-electron chi connectivity index (χ0n) is 72.6. The molecule has 0 unspecified atom stereocenters. The lowest BCUT2D eigenvalue weighted by Crippen LogP contribution is -2.35. The van der Waals surface area contributed by atoms with Gasteiger partial charge in [0.15, 0.2) is 20.1 Å². The van der Waals surface area contributed by atoms with Crippen molar-refractivity contribution in [3.63, 3.8) is 0 Å². The quantitative estimate of drug-likeness (QED) is 0.0243. The number of hydrogen-bond donors (Lipinski definition) is 9. The van der Waals surface area contributed by atoms with E-state index >= 15 is 0 Å². The second kappa shape index (κ2) is 38.1. The van der Waals surface area contributed by atoms with Crippen LogP contribution in [0.1, 0.15) is 161 Å². The third kappa shape index (κ3) is 20.6. The Labute approximate surface area is 730 Å². The van der Waals surface area contributed by atoms with E-state index in [9.17, 15) is 52.8 Å². The highest BCUT2D eigenvalue weighted by atomic mass is 32.2. The van der Waals surface area contributed by atoms with Crippen molar-refractivity contribution >= 4 is 87.0 Å². The Morgan fingerprint density at radius 2 is 0.816 bits per heavy atom. The van der Waals surface area contributed by atoms with Crippen molar-refractivity contribution in [2.45, 2.75) is 215 Å². The monoisotopic (exact) mass is 1790 g/mol. The maximum Gasteiger partial charge on any atom is 0.333 e. The number of carbonyl (C=O) groups is 4. The van der Waals surface area contributed by atoms with E-state index in [1.54, 1.807) is 39.0 Å². The molecule has 5 aromatic carbocycles. The maximum absolute atomic E-state index is 13.0. The molecule has 0 atom stereocenters. The van der Waals surface area contributed by atoms with Crippen LogP contribution < -0.4 is 59.7 Å². The van der Waals surface area contributed by atoms with Crippen LogP contribution in [0, 0.1) is 0 Å². The number of nitrogens with one attached hydrogen (secondary N) is 9. The Morgan fingerprint density at radius 3 is 1.26 bits per heavy atom. The Balaban J connectivity index is 0.000000136. The van der Waals surface area contributed by atoms with Crippen molar-refractivity contribution in [3.05, 3.63) is 168 Å². The highest BCUT2D eigenvalue weighted by molar-refractivity contribution is 7.90. The van der Waals surface area contributed by atoms with E-state index in [1.807, 2.05) is 114 Å². The number of methoxy groups -OCH3 is 1. The van der Waals surface area contributed by atoms with Crippen LogP contribution >= 0.6 is 0 Å². The summed E-state index contributed by atoms with van der Waals surface area (Å²) in [5, 5.41) is 30.5. The minimum absolute atomic E-state index is 0.113. The number of sulfonamides is 4. The van der Waals surface area contributed by atoms with Crippen LogP contribution in [-0.2, 0) is 163 Å². The first kappa shape index (κ1) is 90.3. The Kier molecular flexibility index (Phi) is 27.5. The number of hydrogen-bond acceptors (Lipinski definition) is 23. The fourth-order valence-electron chi connectivity index (χ4n) is 17.5. The van der Waals surface area contributed by atoms with E-state index < -0.39 is 64.2 Å². The van der Waals surface area contributed by atoms with Crippen LogP contribution in [0.15, 0.2) is 99.0 Å². The van der Waals surface area contributed by atoms with E-state index in [2.05, 4.69) is 84.1 Å². The Bertz CT molecular complexity index is 5840. The van der Waals surface area contributed by atoms with Gasteiger partial charge < -0.3 is 55.5 Å². The van der Waals surface area contributed by atoms with Crippen LogP contribution in [0.2, 0.25) is 0 Å². The van der Waals surface area contributed by atoms with Gasteiger partial charge in [0.25, 0.3) is 40.1 Å². The molecule has 125 heavy (non-hydrogen) atoms. The number of nitrogens with zero attached hydrogens (tertiary/aromatic N) is 11. The van der Waals surface area contributed by atoms with Gasteiger partial charge in [0, 0.05) is 99.7 Å². The second-order valence-corrected chi connectivity index (χ2v) is 39.6. The van der Waals surface area contributed by atoms with Gasteiger partial charge in [0.1, 0.15) is 17.2 Å². The van der Waals surface area contributed by atoms with Gasteiger partial charge in [-0.3, -0.25) is 18.7 Å². The molecule has 1 saturated carbocycles. The summed E-state index contributed by atoms with van der Waals surface area (Å²) in [4.78, 5) is 56.8. The average molecular weight is 1790 g/mol. The molecule has 0 radical (unpaired) electrons. The predicted molar refractivity (Wildman–Crippen MR) is 473 cm³/mol. The molecule has 4 aromatic heterocycles. The molecule has 1 fully saturated rings. The van der Waals surface area contributed by atoms with Crippen molar-refractivity contribution in [3.8, 4) is 28.4 Å². The summed E-state index contributed by atoms with van der Waals surface area (Å²) >= 11 is 0. The summed E-state index contributed by atoms with van der Waals surface area (Å²) in [7, 11) is -1.65. The molecule has 9 N–H and O–H groups in total. The molecule has 0 saturated heterocycles. The average Bonchev–Trinajstić information content (AvgIpc) is 1.59. The van der Waals surface area contributed by atoms with Gasteiger partial charge >= 0.3 is 24.1 Å². The number of carbonyl (C=O) groups excluding carboxylic acids is 4. The third-order valence-corrected chi connectivity index (χ3v) is 27.9. The number of benzene rings is 5. The summed E-state index contributed by atoms with van der Waals surface area (Å²) < 4.78 is 135. The number of rotatable bonds is 26. The fourth-order valence-corrected chi connectivity index (χ4v) is 21.1. The molecule has 8 amide bonds. The summed E-state index contributed by atoms with van der Waals surface area (Å²) in [6.07, 6.45) is 17.8. The van der Waals surface area contributed by atoms with Crippen molar-refractivity contribution in [2.24, 2.45) is 0 Å². The Morgan fingerprint density at radius 1 is 0.424 bits per heavy atom. The number of anilines is 4. The van der Waals surface area contributed by atoms with Crippen LogP contribution in [0.25, 0.3) is 11.1 Å². The SMILES string of the molecule is CCn1nc(S(=O)(=O)NC(=O)Nc2c(-c3cccc(OC)c3)ccc3c2CCC3)cc1CN(C)C.CCn1nc(S(=O)(=O)NC(=O)Nc2c3c(cc4c2CCO4)CCC3)cc1CN(C)C.CCn1nc(S(=O)(=O)NC(=O)Nc2c3c(cc4c2OCC4)CCC3)cc1CN(C)C.CNCc1cc(S(=O)(=O)NC(=O)Nc2c3c(cc4c2CCC4)CCC3)nn1C1CC1. The number of aryl methyl sites for hydroxylation is 8. The molecule has 39 heteroatoms.